The van der Waals surface area contributed by atoms with Crippen molar-refractivity contribution in [2.45, 2.75) is 31.7 Å². The van der Waals surface area contributed by atoms with Gasteiger partial charge >= 0.3 is 0 Å². The third kappa shape index (κ3) is 3.39. The molecule has 1 aliphatic heterocycles. The van der Waals surface area contributed by atoms with Crippen LogP contribution in [0.1, 0.15) is 37.3 Å². The first-order valence-electron chi connectivity index (χ1n) is 7.07. The summed E-state index contributed by atoms with van der Waals surface area (Å²) in [5, 5.41) is 9.69. The summed E-state index contributed by atoms with van der Waals surface area (Å²) in [6.07, 6.45) is 4.78. The van der Waals surface area contributed by atoms with Crippen molar-refractivity contribution in [1.82, 2.24) is 4.90 Å². The number of nitrogens with two attached hydrogens (primary N) is 1. The van der Waals surface area contributed by atoms with E-state index in [2.05, 4.69) is 4.90 Å². The Kier molecular flexibility index (Phi) is 5.05. The Hall–Kier alpha value is -1.26. The fourth-order valence-corrected chi connectivity index (χ4v) is 2.85. The van der Waals surface area contributed by atoms with Gasteiger partial charge in [-0.25, -0.2) is 0 Å². The summed E-state index contributed by atoms with van der Waals surface area (Å²) >= 11 is 0. The van der Waals surface area contributed by atoms with Crippen LogP contribution in [0.2, 0.25) is 0 Å². The predicted octanol–water partition coefficient (Wildman–Crippen LogP) is 2.28. The van der Waals surface area contributed by atoms with Gasteiger partial charge in [-0.1, -0.05) is 12.5 Å². The average Bonchev–Trinajstić information content (AvgIpc) is 2.46. The molecule has 0 aliphatic carbocycles. The maximum absolute atomic E-state index is 9.69. The smallest absolute Gasteiger partial charge is 0.160 e. The summed E-state index contributed by atoms with van der Waals surface area (Å²) in [7, 11) is 1.58. The number of likely N-dealkylation sites (tertiary alicyclic amines) is 1. The summed E-state index contributed by atoms with van der Waals surface area (Å²) in [6.45, 7) is 2.94. The van der Waals surface area contributed by atoms with Crippen molar-refractivity contribution in [3.8, 4) is 11.5 Å². The van der Waals surface area contributed by atoms with Crippen LogP contribution in [0.5, 0.6) is 11.5 Å². The van der Waals surface area contributed by atoms with Gasteiger partial charge < -0.3 is 15.6 Å². The van der Waals surface area contributed by atoms with Gasteiger partial charge in [-0.3, -0.25) is 4.90 Å². The van der Waals surface area contributed by atoms with Crippen LogP contribution < -0.4 is 10.5 Å². The molecule has 1 aromatic carbocycles. The molecule has 1 fully saturated rings. The van der Waals surface area contributed by atoms with Crippen molar-refractivity contribution in [3.05, 3.63) is 23.8 Å². The molecule has 1 heterocycles. The Labute approximate surface area is 115 Å². The quantitative estimate of drug-likeness (QED) is 0.856. The topological polar surface area (TPSA) is 58.7 Å². The molecular formula is C15H24N2O2. The van der Waals surface area contributed by atoms with E-state index in [9.17, 15) is 5.11 Å². The van der Waals surface area contributed by atoms with Gasteiger partial charge in [0.1, 0.15) is 0 Å². The van der Waals surface area contributed by atoms with Crippen molar-refractivity contribution >= 4 is 0 Å². The number of piperidine rings is 1. The van der Waals surface area contributed by atoms with Gasteiger partial charge in [-0.15, -0.1) is 0 Å². The molecule has 0 bridgehead atoms. The number of nitrogens with zero attached hydrogens (tertiary/aromatic N) is 1. The van der Waals surface area contributed by atoms with Crippen LogP contribution in [-0.4, -0.2) is 36.8 Å². The maximum atomic E-state index is 9.69. The number of rotatable bonds is 5. The highest BCUT2D eigenvalue weighted by atomic mass is 16.5. The van der Waals surface area contributed by atoms with Crippen LogP contribution in [0, 0.1) is 0 Å². The van der Waals surface area contributed by atoms with Gasteiger partial charge in [-0.05, 0) is 56.6 Å². The monoisotopic (exact) mass is 264 g/mol. The van der Waals surface area contributed by atoms with E-state index in [1.54, 1.807) is 13.2 Å². The molecule has 1 aliphatic rings. The van der Waals surface area contributed by atoms with E-state index >= 15 is 0 Å². The molecule has 0 aromatic heterocycles. The Morgan fingerprint density at radius 3 is 2.68 bits per heavy atom. The number of benzene rings is 1. The van der Waals surface area contributed by atoms with E-state index in [0.717, 1.165) is 19.5 Å². The molecule has 0 saturated carbocycles. The number of phenols is 1. The first-order valence-corrected chi connectivity index (χ1v) is 7.07. The van der Waals surface area contributed by atoms with Crippen LogP contribution in [0.3, 0.4) is 0 Å². The molecule has 2 rings (SSSR count). The largest absolute Gasteiger partial charge is 0.504 e. The van der Waals surface area contributed by atoms with E-state index in [1.807, 2.05) is 12.1 Å². The van der Waals surface area contributed by atoms with Crippen LogP contribution in [0.15, 0.2) is 18.2 Å². The molecule has 0 radical (unpaired) electrons. The molecule has 4 nitrogen and oxygen atoms in total. The SMILES string of the molecule is COc1cc(C(CCN)N2CCCCC2)ccc1O. The molecular weight excluding hydrogens is 240 g/mol. The summed E-state index contributed by atoms with van der Waals surface area (Å²) in [5.41, 5.74) is 6.95. The first kappa shape index (κ1) is 14.2. The van der Waals surface area contributed by atoms with Gasteiger partial charge in [-0.2, -0.15) is 0 Å². The normalized spacial score (nSPS) is 18.2. The zero-order valence-electron chi connectivity index (χ0n) is 11.6. The predicted molar refractivity (Wildman–Crippen MR) is 76.5 cm³/mol. The number of ether oxygens (including phenoxy) is 1. The van der Waals surface area contributed by atoms with Crippen molar-refractivity contribution in [1.29, 1.82) is 0 Å². The highest BCUT2D eigenvalue weighted by Gasteiger charge is 2.22. The Morgan fingerprint density at radius 1 is 1.32 bits per heavy atom. The second-order valence-corrected chi connectivity index (χ2v) is 5.12. The first-order chi connectivity index (χ1) is 9.26. The molecule has 19 heavy (non-hydrogen) atoms. The summed E-state index contributed by atoms with van der Waals surface area (Å²) in [4.78, 5) is 2.50. The van der Waals surface area contributed by atoms with Crippen LogP contribution in [0.4, 0.5) is 0 Å². The van der Waals surface area contributed by atoms with E-state index in [1.165, 1.54) is 24.8 Å². The third-order valence-corrected chi connectivity index (χ3v) is 3.86. The van der Waals surface area contributed by atoms with Crippen LogP contribution in [-0.2, 0) is 0 Å². The molecule has 0 amide bonds. The molecule has 3 N–H and O–H groups in total. The lowest BCUT2D eigenvalue weighted by molar-refractivity contribution is 0.157. The summed E-state index contributed by atoms with van der Waals surface area (Å²) in [5.74, 6) is 0.730. The van der Waals surface area contributed by atoms with Gasteiger partial charge in [0.05, 0.1) is 7.11 Å². The zero-order chi connectivity index (χ0) is 13.7. The lowest BCUT2D eigenvalue weighted by Crippen LogP contribution is -2.34. The average molecular weight is 264 g/mol. The molecule has 1 atom stereocenters. The van der Waals surface area contributed by atoms with Gasteiger partial charge in [0.15, 0.2) is 11.5 Å². The van der Waals surface area contributed by atoms with Gasteiger partial charge in [0, 0.05) is 6.04 Å². The van der Waals surface area contributed by atoms with Crippen LogP contribution >= 0.6 is 0 Å². The molecule has 4 heteroatoms. The van der Waals surface area contributed by atoms with Crippen molar-refractivity contribution in [2.75, 3.05) is 26.7 Å². The number of aromatic hydroxyl groups is 1. The van der Waals surface area contributed by atoms with Gasteiger partial charge in [0.2, 0.25) is 0 Å². The lowest BCUT2D eigenvalue weighted by atomic mass is 9.98. The van der Waals surface area contributed by atoms with Crippen molar-refractivity contribution in [2.24, 2.45) is 5.73 Å². The maximum Gasteiger partial charge on any atom is 0.160 e. The number of phenolic OH excluding ortho intramolecular Hbond substituents is 1. The van der Waals surface area contributed by atoms with E-state index in [4.69, 9.17) is 10.5 Å². The molecule has 106 valence electrons. The van der Waals surface area contributed by atoms with Crippen LogP contribution in [0.25, 0.3) is 0 Å². The van der Waals surface area contributed by atoms with E-state index < -0.39 is 0 Å². The summed E-state index contributed by atoms with van der Waals surface area (Å²) < 4.78 is 5.20. The highest BCUT2D eigenvalue weighted by molar-refractivity contribution is 5.42. The fraction of sp³-hybridized carbons (Fsp3) is 0.600. The van der Waals surface area contributed by atoms with E-state index in [-0.39, 0.29) is 5.75 Å². The second kappa shape index (κ2) is 6.78. The summed E-state index contributed by atoms with van der Waals surface area (Å²) in [6, 6.07) is 5.96. The standard InChI is InChI=1S/C15H24N2O2/c1-19-15-11-12(5-6-14(15)18)13(7-8-16)17-9-3-2-4-10-17/h5-6,11,13,18H,2-4,7-10,16H2,1H3. The van der Waals surface area contributed by atoms with Crippen molar-refractivity contribution in [3.63, 3.8) is 0 Å². The molecule has 1 saturated heterocycles. The number of hydrogen-bond acceptors (Lipinski definition) is 4. The Balaban J connectivity index is 2.22. The van der Waals surface area contributed by atoms with Crippen molar-refractivity contribution < 1.29 is 9.84 Å². The number of hydrogen-bond donors (Lipinski definition) is 2. The lowest BCUT2D eigenvalue weighted by Gasteiger charge is -2.35. The Bertz CT molecular complexity index is 403. The van der Waals surface area contributed by atoms with E-state index in [0.29, 0.717) is 18.3 Å². The second-order valence-electron chi connectivity index (χ2n) is 5.12. The van der Waals surface area contributed by atoms with Gasteiger partial charge in [0.25, 0.3) is 0 Å². The highest BCUT2D eigenvalue weighted by Crippen LogP contribution is 2.33. The molecule has 0 spiro atoms. The molecule has 1 aromatic rings. The minimum atomic E-state index is 0.191. The Morgan fingerprint density at radius 2 is 2.05 bits per heavy atom. The third-order valence-electron chi connectivity index (χ3n) is 3.86. The fourth-order valence-electron chi connectivity index (χ4n) is 2.85. The number of methoxy groups -OCH3 is 1. The minimum absolute atomic E-state index is 0.191. The minimum Gasteiger partial charge on any atom is -0.504 e. The molecule has 1 unspecified atom stereocenters. The zero-order valence-corrected chi connectivity index (χ0v) is 11.6.